The first kappa shape index (κ1) is 11.2. The second kappa shape index (κ2) is 5.08. The molecule has 0 spiro atoms. The number of carbonyl (C=O) groups excluding carboxylic acids is 1. The van der Waals surface area contributed by atoms with E-state index in [4.69, 9.17) is 5.11 Å². The topological polar surface area (TPSA) is 105 Å². The minimum atomic E-state index is -0.889. The van der Waals surface area contributed by atoms with Crippen LogP contribution in [0.5, 0.6) is 0 Å². The lowest BCUT2D eigenvalue weighted by atomic mass is 10.3. The summed E-state index contributed by atoms with van der Waals surface area (Å²) in [7, 11) is 0. The van der Waals surface area contributed by atoms with Gasteiger partial charge in [-0.2, -0.15) is 4.98 Å². The number of nitrogens with one attached hydrogen (secondary N) is 1. The van der Waals surface area contributed by atoms with Gasteiger partial charge in [-0.05, 0) is 6.42 Å². The molecule has 0 aromatic carbocycles. The molecule has 0 unspecified atom stereocenters. The second-order valence-corrected chi connectivity index (χ2v) is 2.89. The van der Waals surface area contributed by atoms with E-state index >= 15 is 0 Å². The summed E-state index contributed by atoms with van der Waals surface area (Å²) in [4.78, 5) is 25.1. The Bertz CT molecular complexity index is 361. The molecular formula is C8H11N3O4. The number of carbonyl (C=O) groups is 2. The minimum Gasteiger partial charge on any atom is -0.481 e. The number of carboxylic acids is 1. The summed E-state index contributed by atoms with van der Waals surface area (Å²) < 4.78 is 4.61. The van der Waals surface area contributed by atoms with Gasteiger partial charge in [0.1, 0.15) is 0 Å². The monoisotopic (exact) mass is 213 g/mol. The molecule has 7 heteroatoms. The highest BCUT2D eigenvalue weighted by molar-refractivity contribution is 5.90. The van der Waals surface area contributed by atoms with Gasteiger partial charge in [-0.25, -0.2) is 0 Å². The van der Waals surface area contributed by atoms with Crippen molar-refractivity contribution in [2.24, 2.45) is 0 Å². The molecule has 1 aromatic rings. The molecule has 1 amide bonds. The van der Waals surface area contributed by atoms with Crippen molar-refractivity contribution in [1.29, 1.82) is 0 Å². The van der Waals surface area contributed by atoms with Crippen molar-refractivity contribution in [2.75, 3.05) is 6.54 Å². The van der Waals surface area contributed by atoms with Crippen LogP contribution >= 0.6 is 0 Å². The lowest BCUT2D eigenvalue weighted by Gasteiger charge is -1.99. The van der Waals surface area contributed by atoms with Gasteiger partial charge in [0.25, 0.3) is 11.7 Å². The van der Waals surface area contributed by atoms with Gasteiger partial charge < -0.3 is 14.9 Å². The molecule has 7 nitrogen and oxygen atoms in total. The third kappa shape index (κ3) is 3.75. The predicted octanol–water partition coefficient (Wildman–Crippen LogP) is -0.0274. The SMILES string of the molecule is Cc1nc(C(=O)NCCCC(=O)O)no1. The Labute approximate surface area is 85.5 Å². The summed E-state index contributed by atoms with van der Waals surface area (Å²) in [5.74, 6) is -1.08. The van der Waals surface area contributed by atoms with Crippen molar-refractivity contribution < 1.29 is 19.2 Å². The highest BCUT2D eigenvalue weighted by Gasteiger charge is 2.11. The maximum absolute atomic E-state index is 11.3. The quantitative estimate of drug-likeness (QED) is 0.665. The Hall–Kier alpha value is -1.92. The first-order valence-corrected chi connectivity index (χ1v) is 4.40. The molecule has 0 aliphatic rings. The molecule has 0 atom stereocenters. The standard InChI is InChI=1S/C8H11N3O4/c1-5-10-7(11-15-5)8(14)9-4-2-3-6(12)13/h2-4H2,1H3,(H,9,14)(H,12,13). The molecule has 0 saturated carbocycles. The fraction of sp³-hybridized carbons (Fsp3) is 0.500. The van der Waals surface area contributed by atoms with Crippen LogP contribution in [0.1, 0.15) is 29.4 Å². The zero-order chi connectivity index (χ0) is 11.3. The Morgan fingerprint density at radius 3 is 2.80 bits per heavy atom. The number of nitrogens with zero attached hydrogens (tertiary/aromatic N) is 2. The average Bonchev–Trinajstić information content (AvgIpc) is 2.59. The number of aliphatic carboxylic acids is 1. The highest BCUT2D eigenvalue weighted by atomic mass is 16.5. The van der Waals surface area contributed by atoms with Crippen LogP contribution < -0.4 is 5.32 Å². The molecule has 1 aromatic heterocycles. The maximum atomic E-state index is 11.3. The molecule has 1 heterocycles. The van der Waals surface area contributed by atoms with Gasteiger partial charge in [-0.15, -0.1) is 0 Å². The summed E-state index contributed by atoms with van der Waals surface area (Å²) >= 11 is 0. The lowest BCUT2D eigenvalue weighted by molar-refractivity contribution is -0.137. The van der Waals surface area contributed by atoms with Gasteiger partial charge in [0.05, 0.1) is 0 Å². The number of aromatic nitrogens is 2. The fourth-order valence-corrected chi connectivity index (χ4v) is 0.912. The van der Waals surface area contributed by atoms with Crippen LogP contribution in [0, 0.1) is 6.92 Å². The molecule has 0 saturated heterocycles. The van der Waals surface area contributed by atoms with Crippen LogP contribution in [-0.2, 0) is 4.79 Å². The zero-order valence-electron chi connectivity index (χ0n) is 8.19. The number of hydrogen-bond donors (Lipinski definition) is 2. The number of carboxylic acid groups (broad SMARTS) is 1. The summed E-state index contributed by atoms with van der Waals surface area (Å²) in [5, 5.41) is 14.2. The van der Waals surface area contributed by atoms with E-state index in [2.05, 4.69) is 20.0 Å². The normalized spacial score (nSPS) is 9.93. The minimum absolute atomic E-state index is 0.0194. The molecule has 15 heavy (non-hydrogen) atoms. The smallest absolute Gasteiger partial charge is 0.303 e. The van der Waals surface area contributed by atoms with Crippen LogP contribution in [0.15, 0.2) is 4.52 Å². The van der Waals surface area contributed by atoms with Crippen LogP contribution in [0.3, 0.4) is 0 Å². The average molecular weight is 213 g/mol. The van der Waals surface area contributed by atoms with Crippen LogP contribution in [-0.4, -0.2) is 33.7 Å². The Balaban J connectivity index is 2.28. The Morgan fingerprint density at radius 1 is 1.53 bits per heavy atom. The van der Waals surface area contributed by atoms with Crippen LogP contribution in [0.4, 0.5) is 0 Å². The van der Waals surface area contributed by atoms with E-state index in [1.165, 1.54) is 0 Å². The Kier molecular flexibility index (Phi) is 3.78. The van der Waals surface area contributed by atoms with Gasteiger partial charge in [0.2, 0.25) is 5.89 Å². The van der Waals surface area contributed by atoms with Gasteiger partial charge in [0.15, 0.2) is 0 Å². The van der Waals surface area contributed by atoms with Crippen molar-refractivity contribution in [3.8, 4) is 0 Å². The zero-order valence-corrected chi connectivity index (χ0v) is 8.19. The van der Waals surface area contributed by atoms with E-state index in [-0.39, 0.29) is 18.8 Å². The van der Waals surface area contributed by atoms with Crippen LogP contribution in [0.25, 0.3) is 0 Å². The molecule has 0 bridgehead atoms. The molecule has 1 rings (SSSR count). The number of hydrogen-bond acceptors (Lipinski definition) is 5. The number of rotatable bonds is 5. The van der Waals surface area contributed by atoms with E-state index < -0.39 is 11.9 Å². The summed E-state index contributed by atoms with van der Waals surface area (Å²) in [6, 6.07) is 0. The van der Waals surface area contributed by atoms with Crippen LogP contribution in [0.2, 0.25) is 0 Å². The fourth-order valence-electron chi connectivity index (χ4n) is 0.912. The van der Waals surface area contributed by atoms with Gasteiger partial charge in [-0.1, -0.05) is 5.16 Å². The number of aryl methyl sites for hydroxylation is 1. The third-order valence-electron chi connectivity index (χ3n) is 1.58. The molecular weight excluding hydrogens is 202 g/mol. The molecule has 0 aliphatic carbocycles. The van der Waals surface area contributed by atoms with Crippen molar-refractivity contribution in [3.05, 3.63) is 11.7 Å². The molecule has 82 valence electrons. The first-order chi connectivity index (χ1) is 7.09. The largest absolute Gasteiger partial charge is 0.481 e. The van der Waals surface area contributed by atoms with E-state index in [1.807, 2.05) is 0 Å². The lowest BCUT2D eigenvalue weighted by Crippen LogP contribution is -2.25. The highest BCUT2D eigenvalue weighted by Crippen LogP contribution is 1.94. The molecule has 0 radical (unpaired) electrons. The predicted molar refractivity (Wildman–Crippen MR) is 48.2 cm³/mol. The van der Waals surface area contributed by atoms with Gasteiger partial charge in [-0.3, -0.25) is 9.59 Å². The van der Waals surface area contributed by atoms with Crippen molar-refractivity contribution in [1.82, 2.24) is 15.5 Å². The molecule has 2 N–H and O–H groups in total. The molecule has 0 aliphatic heterocycles. The van der Waals surface area contributed by atoms with Crippen molar-refractivity contribution in [2.45, 2.75) is 19.8 Å². The summed E-state index contributed by atoms with van der Waals surface area (Å²) in [5.41, 5.74) is 0. The molecule has 0 fully saturated rings. The third-order valence-corrected chi connectivity index (χ3v) is 1.58. The van der Waals surface area contributed by atoms with E-state index in [0.717, 1.165) is 0 Å². The van der Waals surface area contributed by atoms with Gasteiger partial charge in [0, 0.05) is 19.9 Å². The second-order valence-electron chi connectivity index (χ2n) is 2.89. The van der Waals surface area contributed by atoms with E-state index in [9.17, 15) is 9.59 Å². The van der Waals surface area contributed by atoms with E-state index in [1.54, 1.807) is 6.92 Å². The first-order valence-electron chi connectivity index (χ1n) is 4.40. The van der Waals surface area contributed by atoms with Crippen molar-refractivity contribution in [3.63, 3.8) is 0 Å². The number of amides is 1. The van der Waals surface area contributed by atoms with Crippen molar-refractivity contribution >= 4 is 11.9 Å². The maximum Gasteiger partial charge on any atom is 0.303 e. The van der Waals surface area contributed by atoms with E-state index in [0.29, 0.717) is 12.3 Å². The van der Waals surface area contributed by atoms with Gasteiger partial charge >= 0.3 is 5.97 Å². The summed E-state index contributed by atoms with van der Waals surface area (Å²) in [6.45, 7) is 1.85. The summed E-state index contributed by atoms with van der Waals surface area (Å²) in [6.07, 6.45) is 0.392. The Morgan fingerprint density at radius 2 is 2.27 bits per heavy atom.